The molecule has 9 nitrogen and oxygen atoms in total. The van der Waals surface area contributed by atoms with Crippen LogP contribution in [0.5, 0.6) is 11.5 Å². The average Bonchev–Trinajstić information content (AvgIpc) is 2.96. The summed E-state index contributed by atoms with van der Waals surface area (Å²) in [4.78, 5) is 29.1. The van der Waals surface area contributed by atoms with Gasteiger partial charge in [-0.05, 0) is 41.8 Å². The predicted octanol–water partition coefficient (Wildman–Crippen LogP) is 4.29. The molecule has 0 aliphatic heterocycles. The maximum absolute atomic E-state index is 14.1. The largest absolute Gasteiger partial charge is 0.497 e. The summed E-state index contributed by atoms with van der Waals surface area (Å²) < 4.78 is 37.7. The molecule has 0 heterocycles. The van der Waals surface area contributed by atoms with Gasteiger partial charge in [-0.15, -0.1) is 0 Å². The normalized spacial score (nSPS) is 11.8. The number of hydrogen-bond acceptors (Lipinski definition) is 6. The number of methoxy groups -OCH3 is 2. The summed E-state index contributed by atoms with van der Waals surface area (Å²) in [5, 5.41) is 3.38. The van der Waals surface area contributed by atoms with Gasteiger partial charge in [0.1, 0.15) is 24.1 Å². The second-order valence-electron chi connectivity index (χ2n) is 9.46. The molecular formula is C30H36ClN3O6S. The minimum atomic E-state index is -3.95. The van der Waals surface area contributed by atoms with Gasteiger partial charge in [-0.3, -0.25) is 13.9 Å². The van der Waals surface area contributed by atoms with Crippen LogP contribution in [0.2, 0.25) is 5.02 Å². The molecule has 0 saturated carbocycles. The van der Waals surface area contributed by atoms with Crippen LogP contribution in [0.3, 0.4) is 0 Å². The average molecular weight is 602 g/mol. The zero-order valence-corrected chi connectivity index (χ0v) is 25.2. The van der Waals surface area contributed by atoms with Crippen LogP contribution in [0.1, 0.15) is 24.5 Å². The van der Waals surface area contributed by atoms with Crippen molar-refractivity contribution in [3.8, 4) is 11.5 Å². The molecule has 3 aromatic carbocycles. The number of rotatable bonds is 14. The lowest BCUT2D eigenvalue weighted by Gasteiger charge is -2.33. The Bertz CT molecular complexity index is 1440. The zero-order valence-electron chi connectivity index (χ0n) is 23.7. The van der Waals surface area contributed by atoms with Crippen molar-refractivity contribution in [3.63, 3.8) is 0 Å². The van der Waals surface area contributed by atoms with Crippen molar-refractivity contribution in [2.75, 3.05) is 37.9 Å². The number of anilines is 1. The Morgan fingerprint density at radius 2 is 1.66 bits per heavy atom. The number of carbonyl (C=O) groups excluding carboxylic acids is 2. The smallest absolute Gasteiger partial charge is 0.244 e. The van der Waals surface area contributed by atoms with Crippen LogP contribution in [-0.2, 0) is 32.6 Å². The first-order valence-electron chi connectivity index (χ1n) is 13.1. The molecule has 0 radical (unpaired) electrons. The Hall–Kier alpha value is -3.76. The molecule has 0 unspecified atom stereocenters. The highest BCUT2D eigenvalue weighted by Gasteiger charge is 2.33. The Labute approximate surface area is 247 Å². The second kappa shape index (κ2) is 14.7. The zero-order chi connectivity index (χ0) is 30.0. The van der Waals surface area contributed by atoms with Crippen LogP contribution in [0, 0.1) is 0 Å². The molecular weight excluding hydrogens is 566 g/mol. The third kappa shape index (κ3) is 8.86. The number of halogens is 1. The molecule has 0 bridgehead atoms. The summed E-state index contributed by atoms with van der Waals surface area (Å²) >= 11 is 6.24. The van der Waals surface area contributed by atoms with Gasteiger partial charge in [0.2, 0.25) is 21.8 Å². The number of sulfonamides is 1. The molecule has 0 spiro atoms. The highest BCUT2D eigenvalue weighted by atomic mass is 35.5. The van der Waals surface area contributed by atoms with Crippen molar-refractivity contribution in [2.24, 2.45) is 0 Å². The molecule has 41 heavy (non-hydrogen) atoms. The SMILES string of the molecule is CCCNC(=O)[C@H](Cc1ccccc1)N(Cc1cccc(Cl)c1)C(=O)CN(c1ccc(OC)cc1OC)S(C)(=O)=O. The van der Waals surface area contributed by atoms with Gasteiger partial charge in [-0.2, -0.15) is 0 Å². The van der Waals surface area contributed by atoms with Crippen molar-refractivity contribution >= 4 is 39.1 Å². The number of hydrogen-bond donors (Lipinski definition) is 1. The van der Waals surface area contributed by atoms with E-state index >= 15 is 0 Å². The van der Waals surface area contributed by atoms with Gasteiger partial charge in [0.15, 0.2) is 0 Å². The number of nitrogens with one attached hydrogen (secondary N) is 1. The molecule has 0 saturated heterocycles. The Morgan fingerprint density at radius 1 is 0.951 bits per heavy atom. The van der Waals surface area contributed by atoms with Crippen molar-refractivity contribution in [3.05, 3.63) is 88.9 Å². The molecule has 0 aliphatic rings. The maximum Gasteiger partial charge on any atom is 0.244 e. The summed E-state index contributed by atoms with van der Waals surface area (Å²) in [6.07, 6.45) is 1.96. The Morgan fingerprint density at radius 3 is 2.27 bits per heavy atom. The molecule has 3 aromatic rings. The summed E-state index contributed by atoms with van der Waals surface area (Å²) in [6.45, 7) is 1.84. The summed E-state index contributed by atoms with van der Waals surface area (Å²) in [6, 6.07) is 20.1. The molecule has 3 rings (SSSR count). The molecule has 11 heteroatoms. The van der Waals surface area contributed by atoms with E-state index in [9.17, 15) is 18.0 Å². The van der Waals surface area contributed by atoms with Crippen LogP contribution >= 0.6 is 11.6 Å². The van der Waals surface area contributed by atoms with Crippen LogP contribution in [-0.4, -0.2) is 64.7 Å². The Kier molecular flexibility index (Phi) is 11.4. The first-order valence-corrected chi connectivity index (χ1v) is 15.3. The fraction of sp³-hybridized carbons (Fsp3) is 0.333. The lowest BCUT2D eigenvalue weighted by Crippen LogP contribution is -2.53. The van der Waals surface area contributed by atoms with E-state index in [1.807, 2.05) is 37.3 Å². The van der Waals surface area contributed by atoms with Crippen LogP contribution in [0.15, 0.2) is 72.8 Å². The van der Waals surface area contributed by atoms with Gasteiger partial charge in [0.25, 0.3) is 0 Å². The highest BCUT2D eigenvalue weighted by molar-refractivity contribution is 7.92. The minimum absolute atomic E-state index is 0.0355. The van der Waals surface area contributed by atoms with Crippen molar-refractivity contribution in [1.82, 2.24) is 10.2 Å². The van der Waals surface area contributed by atoms with Crippen molar-refractivity contribution in [1.29, 1.82) is 0 Å². The third-order valence-corrected chi connectivity index (χ3v) is 7.76. The van der Waals surface area contributed by atoms with Gasteiger partial charge in [-0.1, -0.05) is 61.0 Å². The second-order valence-corrected chi connectivity index (χ2v) is 11.8. The monoisotopic (exact) mass is 601 g/mol. The number of ether oxygens (including phenoxy) is 2. The minimum Gasteiger partial charge on any atom is -0.497 e. The summed E-state index contributed by atoms with van der Waals surface area (Å²) in [7, 11) is -1.07. The third-order valence-electron chi connectivity index (χ3n) is 6.40. The lowest BCUT2D eigenvalue weighted by molar-refractivity contribution is -0.140. The topological polar surface area (TPSA) is 105 Å². The van der Waals surface area contributed by atoms with E-state index in [-0.39, 0.29) is 30.3 Å². The van der Waals surface area contributed by atoms with E-state index in [0.717, 1.165) is 16.1 Å². The fourth-order valence-electron chi connectivity index (χ4n) is 4.34. The van der Waals surface area contributed by atoms with Crippen LogP contribution in [0.4, 0.5) is 5.69 Å². The van der Waals surface area contributed by atoms with Gasteiger partial charge in [0.05, 0.1) is 26.2 Å². The van der Waals surface area contributed by atoms with Crippen LogP contribution < -0.4 is 19.1 Å². The van der Waals surface area contributed by atoms with E-state index < -0.39 is 28.5 Å². The molecule has 0 fully saturated rings. The molecule has 0 aliphatic carbocycles. The first-order chi connectivity index (χ1) is 19.6. The Balaban J connectivity index is 2.08. The standard InChI is InChI=1S/C30H36ClN3O6S/c1-5-16-32-30(36)27(18-22-10-7-6-8-11-22)33(20-23-12-9-13-24(31)17-23)29(35)21-34(41(4,37)38)26-15-14-25(39-2)19-28(26)40-3/h6-15,17,19,27H,5,16,18,20-21H2,1-4H3,(H,32,36)/t27-/m0/s1. The number of carbonyl (C=O) groups is 2. The summed E-state index contributed by atoms with van der Waals surface area (Å²) in [5.74, 6) is -0.228. The molecule has 1 atom stereocenters. The summed E-state index contributed by atoms with van der Waals surface area (Å²) in [5.41, 5.74) is 1.71. The van der Waals surface area contributed by atoms with Crippen molar-refractivity contribution in [2.45, 2.75) is 32.4 Å². The van der Waals surface area contributed by atoms with E-state index in [4.69, 9.17) is 21.1 Å². The number of benzene rings is 3. The van der Waals surface area contributed by atoms with Crippen LogP contribution in [0.25, 0.3) is 0 Å². The van der Waals surface area contributed by atoms with E-state index in [0.29, 0.717) is 29.3 Å². The lowest BCUT2D eigenvalue weighted by atomic mass is 10.0. The molecule has 0 aromatic heterocycles. The molecule has 2 amide bonds. The fourth-order valence-corrected chi connectivity index (χ4v) is 5.40. The predicted molar refractivity (Wildman–Crippen MR) is 161 cm³/mol. The van der Waals surface area contributed by atoms with E-state index in [1.54, 1.807) is 30.3 Å². The highest BCUT2D eigenvalue weighted by Crippen LogP contribution is 2.34. The number of amides is 2. The van der Waals surface area contributed by atoms with Gasteiger partial charge < -0.3 is 19.7 Å². The molecule has 220 valence electrons. The molecule has 1 N–H and O–H groups in total. The quantitative estimate of drug-likeness (QED) is 0.296. The van der Waals surface area contributed by atoms with Gasteiger partial charge >= 0.3 is 0 Å². The van der Waals surface area contributed by atoms with E-state index in [1.165, 1.54) is 31.3 Å². The maximum atomic E-state index is 14.1. The van der Waals surface area contributed by atoms with Gasteiger partial charge in [-0.25, -0.2) is 8.42 Å². The van der Waals surface area contributed by atoms with E-state index in [2.05, 4.69) is 5.32 Å². The van der Waals surface area contributed by atoms with Crippen molar-refractivity contribution < 1.29 is 27.5 Å². The number of nitrogens with zero attached hydrogens (tertiary/aromatic N) is 2. The first kappa shape index (κ1) is 31.8. The van der Waals surface area contributed by atoms with Gasteiger partial charge in [0, 0.05) is 30.6 Å².